The van der Waals surface area contributed by atoms with Crippen molar-refractivity contribution < 1.29 is 0 Å². The van der Waals surface area contributed by atoms with E-state index in [1.807, 2.05) is 12.2 Å². The van der Waals surface area contributed by atoms with Crippen LogP contribution in [0.25, 0.3) is 0 Å². The summed E-state index contributed by atoms with van der Waals surface area (Å²) in [6.45, 7) is 5.69. The molecule has 0 radical (unpaired) electrons. The van der Waals surface area contributed by atoms with Crippen LogP contribution in [0, 0.1) is 0 Å². The Bertz CT molecular complexity index is 272. The van der Waals surface area contributed by atoms with Crippen LogP contribution in [0.4, 0.5) is 0 Å². The van der Waals surface area contributed by atoms with E-state index in [0.29, 0.717) is 6.04 Å². The zero-order chi connectivity index (χ0) is 9.68. The van der Waals surface area contributed by atoms with Crippen molar-refractivity contribution in [2.75, 3.05) is 0 Å². The van der Waals surface area contributed by atoms with Crippen LogP contribution in [0.2, 0.25) is 0 Å². The Labute approximate surface area is 79.5 Å². The van der Waals surface area contributed by atoms with E-state index in [0.717, 1.165) is 18.7 Å². The summed E-state index contributed by atoms with van der Waals surface area (Å²) in [5.74, 6) is 0.783. The first-order chi connectivity index (χ1) is 6.24. The van der Waals surface area contributed by atoms with Crippen molar-refractivity contribution in [2.45, 2.75) is 25.8 Å². The molecule has 1 unspecified atom stereocenters. The summed E-state index contributed by atoms with van der Waals surface area (Å²) in [4.78, 5) is 4.33. The molecule has 70 valence electrons. The highest BCUT2D eigenvalue weighted by molar-refractivity contribution is 5.82. The second-order valence-electron chi connectivity index (χ2n) is 3.21. The van der Waals surface area contributed by atoms with Gasteiger partial charge in [0.25, 0.3) is 0 Å². The van der Waals surface area contributed by atoms with Crippen molar-refractivity contribution in [3.8, 4) is 0 Å². The van der Waals surface area contributed by atoms with Crippen molar-refractivity contribution in [3.05, 3.63) is 36.5 Å². The Morgan fingerprint density at radius 3 is 2.92 bits per heavy atom. The van der Waals surface area contributed by atoms with Gasteiger partial charge in [-0.3, -0.25) is 4.99 Å². The average molecular weight is 176 g/mol. The monoisotopic (exact) mass is 176 g/mol. The smallest absolute Gasteiger partial charge is 0.0945 e. The topological polar surface area (TPSA) is 38.4 Å². The summed E-state index contributed by atoms with van der Waals surface area (Å²) in [5.41, 5.74) is 6.87. The van der Waals surface area contributed by atoms with Gasteiger partial charge in [0.05, 0.1) is 11.9 Å². The summed E-state index contributed by atoms with van der Waals surface area (Å²) in [5, 5.41) is 0. The molecule has 1 aliphatic heterocycles. The Balaban J connectivity index is 2.57. The van der Waals surface area contributed by atoms with Gasteiger partial charge >= 0.3 is 0 Å². The van der Waals surface area contributed by atoms with Gasteiger partial charge in [0, 0.05) is 6.42 Å². The molecule has 0 amide bonds. The fourth-order valence-corrected chi connectivity index (χ4v) is 1.34. The van der Waals surface area contributed by atoms with E-state index < -0.39 is 0 Å². The number of hydrogen-bond donors (Lipinski definition) is 1. The molecule has 0 spiro atoms. The fraction of sp³-hybridized carbons (Fsp3) is 0.364. The molecule has 13 heavy (non-hydrogen) atoms. The Morgan fingerprint density at radius 1 is 1.62 bits per heavy atom. The van der Waals surface area contributed by atoms with Crippen LogP contribution in [0.15, 0.2) is 41.4 Å². The summed E-state index contributed by atoms with van der Waals surface area (Å²) < 4.78 is 0. The second-order valence-corrected chi connectivity index (χ2v) is 3.21. The minimum absolute atomic E-state index is 0.300. The lowest BCUT2D eigenvalue weighted by atomic mass is 10.1. The average Bonchev–Trinajstić information content (AvgIpc) is 2.52. The Kier molecular flexibility index (Phi) is 3.50. The number of hydrogen-bond acceptors (Lipinski definition) is 2. The lowest BCUT2D eigenvalue weighted by Crippen LogP contribution is -2.06. The van der Waals surface area contributed by atoms with E-state index >= 15 is 0 Å². The van der Waals surface area contributed by atoms with Gasteiger partial charge in [-0.25, -0.2) is 0 Å². The van der Waals surface area contributed by atoms with Gasteiger partial charge in [-0.2, -0.15) is 0 Å². The van der Waals surface area contributed by atoms with E-state index in [9.17, 15) is 0 Å². The molecule has 2 nitrogen and oxygen atoms in total. The molecular formula is C11H16N2. The summed E-state index contributed by atoms with van der Waals surface area (Å²) in [6, 6.07) is 0.300. The first kappa shape index (κ1) is 9.78. The molecule has 1 aliphatic rings. The fourth-order valence-electron chi connectivity index (χ4n) is 1.34. The van der Waals surface area contributed by atoms with Gasteiger partial charge in [0.15, 0.2) is 0 Å². The number of amidine groups is 1. The van der Waals surface area contributed by atoms with Crippen LogP contribution in [-0.2, 0) is 0 Å². The summed E-state index contributed by atoms with van der Waals surface area (Å²) >= 11 is 0. The molecule has 0 saturated carbocycles. The van der Waals surface area contributed by atoms with Gasteiger partial charge in [-0.15, -0.1) is 0 Å². The molecule has 0 aliphatic carbocycles. The van der Waals surface area contributed by atoms with Crippen LogP contribution in [0.5, 0.6) is 0 Å². The number of aliphatic imine (C=N–C) groups is 1. The summed E-state index contributed by atoms with van der Waals surface area (Å²) in [6.07, 6.45) is 9.69. The standard InChI is InChI=1S/C11H16N2/c1-3-4-5-6-9(2)10-7-8-11(12)13-10/h3-6,10H,1,7-8H2,2H3,(H2,12,13)/b5-4-,9-6+. The van der Waals surface area contributed by atoms with Crippen molar-refractivity contribution in [2.24, 2.45) is 10.7 Å². The molecule has 0 fully saturated rings. The first-order valence-electron chi connectivity index (χ1n) is 4.52. The molecule has 1 heterocycles. The lowest BCUT2D eigenvalue weighted by molar-refractivity contribution is 0.763. The highest BCUT2D eigenvalue weighted by Crippen LogP contribution is 2.18. The van der Waals surface area contributed by atoms with Gasteiger partial charge in [-0.1, -0.05) is 30.9 Å². The number of nitrogens with zero attached hydrogens (tertiary/aromatic N) is 1. The molecule has 0 saturated heterocycles. The zero-order valence-electron chi connectivity index (χ0n) is 8.03. The van der Waals surface area contributed by atoms with E-state index in [1.54, 1.807) is 6.08 Å². The normalized spacial score (nSPS) is 23.6. The van der Waals surface area contributed by atoms with Crippen molar-refractivity contribution >= 4 is 5.84 Å². The second kappa shape index (κ2) is 4.65. The maximum absolute atomic E-state index is 5.61. The van der Waals surface area contributed by atoms with Crippen LogP contribution in [0.3, 0.4) is 0 Å². The summed E-state index contributed by atoms with van der Waals surface area (Å²) in [7, 11) is 0. The van der Waals surface area contributed by atoms with E-state index in [4.69, 9.17) is 5.73 Å². The lowest BCUT2D eigenvalue weighted by Gasteiger charge is -2.04. The predicted molar refractivity (Wildman–Crippen MR) is 57.7 cm³/mol. The van der Waals surface area contributed by atoms with E-state index in [-0.39, 0.29) is 0 Å². The Hall–Kier alpha value is -1.31. The van der Waals surface area contributed by atoms with E-state index in [2.05, 4.69) is 24.6 Å². The largest absolute Gasteiger partial charge is 0.387 e. The van der Waals surface area contributed by atoms with Crippen LogP contribution >= 0.6 is 0 Å². The van der Waals surface area contributed by atoms with Gasteiger partial charge in [0.2, 0.25) is 0 Å². The maximum atomic E-state index is 5.61. The zero-order valence-corrected chi connectivity index (χ0v) is 8.03. The molecule has 0 bridgehead atoms. The van der Waals surface area contributed by atoms with E-state index in [1.165, 1.54) is 5.57 Å². The molecule has 0 aromatic rings. The molecule has 0 aromatic heterocycles. The number of nitrogens with two attached hydrogens (primary N) is 1. The van der Waals surface area contributed by atoms with Crippen LogP contribution in [-0.4, -0.2) is 11.9 Å². The third-order valence-corrected chi connectivity index (χ3v) is 2.13. The third-order valence-electron chi connectivity index (χ3n) is 2.13. The Morgan fingerprint density at radius 2 is 2.38 bits per heavy atom. The molecule has 2 heteroatoms. The molecule has 1 atom stereocenters. The van der Waals surface area contributed by atoms with Crippen molar-refractivity contribution in [3.63, 3.8) is 0 Å². The highest BCUT2D eigenvalue weighted by atomic mass is 14.9. The first-order valence-corrected chi connectivity index (χ1v) is 4.52. The van der Waals surface area contributed by atoms with Gasteiger partial charge in [-0.05, 0) is 18.9 Å². The minimum atomic E-state index is 0.300. The predicted octanol–water partition coefficient (Wildman–Crippen LogP) is 2.19. The van der Waals surface area contributed by atoms with Crippen molar-refractivity contribution in [1.29, 1.82) is 0 Å². The highest BCUT2D eigenvalue weighted by Gasteiger charge is 2.15. The number of allylic oxidation sites excluding steroid dienone is 4. The third kappa shape index (κ3) is 2.90. The number of rotatable bonds is 3. The SMILES string of the molecule is C=C/C=C\C=C(/C)C1CCC(N)=N1. The van der Waals surface area contributed by atoms with Gasteiger partial charge in [0.1, 0.15) is 0 Å². The van der Waals surface area contributed by atoms with Gasteiger partial charge < -0.3 is 5.73 Å². The van der Waals surface area contributed by atoms with Crippen LogP contribution in [0.1, 0.15) is 19.8 Å². The van der Waals surface area contributed by atoms with Crippen LogP contribution < -0.4 is 5.73 Å². The quantitative estimate of drug-likeness (QED) is 0.658. The molecular weight excluding hydrogens is 160 g/mol. The minimum Gasteiger partial charge on any atom is -0.387 e. The molecule has 0 aromatic carbocycles. The molecule has 2 N–H and O–H groups in total. The maximum Gasteiger partial charge on any atom is 0.0945 e. The molecule has 1 rings (SSSR count). The van der Waals surface area contributed by atoms with Crippen molar-refractivity contribution in [1.82, 2.24) is 0 Å².